The number of benzene rings is 2. The maximum absolute atomic E-state index is 12.5. The summed E-state index contributed by atoms with van der Waals surface area (Å²) in [5, 5.41) is 17.1. The monoisotopic (exact) mass is 366 g/mol. The highest BCUT2D eigenvalue weighted by molar-refractivity contribution is 5.96. The molecule has 9 nitrogen and oxygen atoms in total. The summed E-state index contributed by atoms with van der Waals surface area (Å²) >= 11 is 0. The van der Waals surface area contributed by atoms with Crippen LogP contribution in [0.1, 0.15) is 6.92 Å². The van der Waals surface area contributed by atoms with Crippen molar-refractivity contribution in [3.63, 3.8) is 0 Å². The van der Waals surface area contributed by atoms with Gasteiger partial charge in [0.25, 0.3) is 0 Å². The van der Waals surface area contributed by atoms with Gasteiger partial charge in [-0.25, -0.2) is 4.68 Å². The molecular formula is C18H18N6O3. The quantitative estimate of drug-likeness (QED) is 0.710. The van der Waals surface area contributed by atoms with E-state index in [2.05, 4.69) is 26.2 Å². The van der Waals surface area contributed by atoms with Crippen LogP contribution in [0.15, 0.2) is 48.8 Å². The number of carbonyl (C=O) groups excluding carboxylic acids is 1. The van der Waals surface area contributed by atoms with Crippen molar-refractivity contribution in [1.82, 2.24) is 20.2 Å². The minimum absolute atomic E-state index is 0.156. The van der Waals surface area contributed by atoms with Crippen LogP contribution in [-0.2, 0) is 4.79 Å². The van der Waals surface area contributed by atoms with Crippen molar-refractivity contribution in [3.05, 3.63) is 48.8 Å². The molecule has 4 rings (SSSR count). The lowest BCUT2D eigenvalue weighted by Gasteiger charge is -2.20. The standard InChI is InChI=1S/C18H18N6O3/c1-12(20-13-2-5-15(6-3-13)24-11-19-22-23-24)18(25)21-14-4-7-16-17(10-14)27-9-8-26-16/h2-7,10-12,20H,8-9H2,1H3,(H,21,25). The zero-order chi connectivity index (χ0) is 18.6. The molecule has 0 saturated heterocycles. The third kappa shape index (κ3) is 3.81. The van der Waals surface area contributed by atoms with Crippen LogP contribution in [0.2, 0.25) is 0 Å². The second-order valence-corrected chi connectivity index (χ2v) is 6.01. The maximum atomic E-state index is 12.5. The largest absolute Gasteiger partial charge is 0.486 e. The van der Waals surface area contributed by atoms with Gasteiger partial charge in [-0.15, -0.1) is 5.10 Å². The van der Waals surface area contributed by atoms with Crippen molar-refractivity contribution in [2.45, 2.75) is 13.0 Å². The molecule has 2 aromatic carbocycles. The number of nitrogens with one attached hydrogen (secondary N) is 2. The number of carbonyl (C=O) groups is 1. The Bertz CT molecular complexity index is 927. The first-order valence-electron chi connectivity index (χ1n) is 8.49. The number of fused-ring (bicyclic) bond motifs is 1. The van der Waals surface area contributed by atoms with E-state index >= 15 is 0 Å². The highest BCUT2D eigenvalue weighted by Crippen LogP contribution is 2.32. The molecule has 0 spiro atoms. The Kier molecular flexibility index (Phi) is 4.56. The normalized spacial score (nSPS) is 13.7. The van der Waals surface area contributed by atoms with E-state index in [4.69, 9.17) is 9.47 Å². The van der Waals surface area contributed by atoms with Crippen molar-refractivity contribution in [3.8, 4) is 17.2 Å². The molecule has 1 aliphatic rings. The zero-order valence-electron chi connectivity index (χ0n) is 14.6. The molecule has 1 aliphatic heterocycles. The van der Waals surface area contributed by atoms with Crippen molar-refractivity contribution in [2.24, 2.45) is 0 Å². The maximum Gasteiger partial charge on any atom is 0.246 e. The summed E-state index contributed by atoms with van der Waals surface area (Å²) in [7, 11) is 0. The van der Waals surface area contributed by atoms with Gasteiger partial charge in [0, 0.05) is 17.4 Å². The molecule has 3 aromatic rings. The first kappa shape index (κ1) is 16.8. The Morgan fingerprint density at radius 2 is 1.81 bits per heavy atom. The lowest BCUT2D eigenvalue weighted by atomic mass is 10.2. The van der Waals surface area contributed by atoms with Crippen LogP contribution in [0, 0.1) is 0 Å². The van der Waals surface area contributed by atoms with Crippen LogP contribution in [-0.4, -0.2) is 45.4 Å². The second kappa shape index (κ2) is 7.32. The molecule has 0 saturated carbocycles. The number of ether oxygens (including phenoxy) is 2. The number of hydrogen-bond acceptors (Lipinski definition) is 7. The number of hydrogen-bond donors (Lipinski definition) is 2. The fourth-order valence-electron chi connectivity index (χ4n) is 2.68. The van der Waals surface area contributed by atoms with Gasteiger partial charge in [0.2, 0.25) is 5.91 Å². The number of rotatable bonds is 5. The molecule has 1 amide bonds. The number of aromatic nitrogens is 4. The highest BCUT2D eigenvalue weighted by Gasteiger charge is 2.16. The topological polar surface area (TPSA) is 103 Å². The Hall–Kier alpha value is -3.62. The van der Waals surface area contributed by atoms with Crippen molar-refractivity contribution >= 4 is 17.3 Å². The van der Waals surface area contributed by atoms with Gasteiger partial charge in [0.1, 0.15) is 25.6 Å². The molecule has 0 fully saturated rings. The predicted octanol–water partition coefficient (Wildman–Crippen LogP) is 1.87. The van der Waals surface area contributed by atoms with E-state index in [0.717, 1.165) is 11.4 Å². The van der Waals surface area contributed by atoms with Gasteiger partial charge in [-0.3, -0.25) is 4.79 Å². The van der Waals surface area contributed by atoms with Gasteiger partial charge in [0.05, 0.1) is 5.69 Å². The van der Waals surface area contributed by atoms with E-state index in [1.54, 1.807) is 29.8 Å². The molecule has 2 N–H and O–H groups in total. The molecule has 1 atom stereocenters. The van der Waals surface area contributed by atoms with E-state index in [0.29, 0.717) is 30.4 Å². The van der Waals surface area contributed by atoms with Gasteiger partial charge in [0.15, 0.2) is 11.5 Å². The third-order valence-corrected chi connectivity index (χ3v) is 4.07. The molecule has 0 aliphatic carbocycles. The minimum atomic E-state index is -0.433. The van der Waals surface area contributed by atoms with Gasteiger partial charge in [-0.1, -0.05) is 0 Å². The molecule has 1 unspecified atom stereocenters. The van der Waals surface area contributed by atoms with E-state index in [1.807, 2.05) is 24.3 Å². The van der Waals surface area contributed by atoms with Crippen LogP contribution < -0.4 is 20.1 Å². The van der Waals surface area contributed by atoms with Crippen LogP contribution in [0.4, 0.5) is 11.4 Å². The lowest BCUT2D eigenvalue weighted by molar-refractivity contribution is -0.116. The van der Waals surface area contributed by atoms with Crippen LogP contribution >= 0.6 is 0 Å². The summed E-state index contributed by atoms with van der Waals surface area (Å²) in [5.74, 6) is 1.17. The highest BCUT2D eigenvalue weighted by atomic mass is 16.6. The van der Waals surface area contributed by atoms with E-state index in [-0.39, 0.29) is 5.91 Å². The van der Waals surface area contributed by atoms with Crippen LogP contribution in [0.5, 0.6) is 11.5 Å². The molecule has 1 aromatic heterocycles. The molecule has 27 heavy (non-hydrogen) atoms. The predicted molar refractivity (Wildman–Crippen MR) is 98.3 cm³/mol. The van der Waals surface area contributed by atoms with Crippen molar-refractivity contribution in [2.75, 3.05) is 23.8 Å². The molecule has 0 bridgehead atoms. The molecule has 9 heteroatoms. The fourth-order valence-corrected chi connectivity index (χ4v) is 2.68. The average molecular weight is 366 g/mol. The van der Waals surface area contributed by atoms with Gasteiger partial charge >= 0.3 is 0 Å². The summed E-state index contributed by atoms with van der Waals surface area (Å²) < 4.78 is 12.6. The molecule has 138 valence electrons. The van der Waals surface area contributed by atoms with Gasteiger partial charge in [-0.05, 0) is 53.7 Å². The molecule has 0 radical (unpaired) electrons. The summed E-state index contributed by atoms with van der Waals surface area (Å²) in [6.07, 6.45) is 1.52. The number of anilines is 2. The van der Waals surface area contributed by atoms with E-state index in [1.165, 1.54) is 6.33 Å². The smallest absolute Gasteiger partial charge is 0.246 e. The van der Waals surface area contributed by atoms with E-state index < -0.39 is 6.04 Å². The Labute approximate surface area is 155 Å². The van der Waals surface area contributed by atoms with E-state index in [9.17, 15) is 4.79 Å². The summed E-state index contributed by atoms with van der Waals surface area (Å²) in [5.41, 5.74) is 2.31. The Morgan fingerprint density at radius 3 is 2.56 bits per heavy atom. The first-order valence-corrected chi connectivity index (χ1v) is 8.49. The molecule has 2 heterocycles. The SMILES string of the molecule is CC(Nc1ccc(-n2cnnn2)cc1)C(=O)Nc1ccc2c(c1)OCCO2. The van der Waals surface area contributed by atoms with Gasteiger partial charge in [-0.2, -0.15) is 0 Å². The molecular weight excluding hydrogens is 348 g/mol. The minimum Gasteiger partial charge on any atom is -0.486 e. The zero-order valence-corrected chi connectivity index (χ0v) is 14.6. The van der Waals surface area contributed by atoms with Crippen molar-refractivity contribution < 1.29 is 14.3 Å². The summed E-state index contributed by atoms with van der Waals surface area (Å²) in [6, 6.07) is 12.4. The fraction of sp³-hybridized carbons (Fsp3) is 0.222. The summed E-state index contributed by atoms with van der Waals surface area (Å²) in [4.78, 5) is 12.5. The number of nitrogens with zero attached hydrogens (tertiary/aromatic N) is 4. The number of amides is 1. The summed E-state index contributed by atoms with van der Waals surface area (Å²) in [6.45, 7) is 2.83. The van der Waals surface area contributed by atoms with Crippen LogP contribution in [0.25, 0.3) is 5.69 Å². The number of tetrazole rings is 1. The Morgan fingerprint density at radius 1 is 1.07 bits per heavy atom. The average Bonchev–Trinajstić information content (AvgIpc) is 3.23. The first-order chi connectivity index (χ1) is 13.2. The third-order valence-electron chi connectivity index (χ3n) is 4.07. The lowest BCUT2D eigenvalue weighted by Crippen LogP contribution is -2.31. The van der Waals surface area contributed by atoms with Crippen molar-refractivity contribution in [1.29, 1.82) is 0 Å². The Balaban J connectivity index is 1.38. The van der Waals surface area contributed by atoms with Crippen LogP contribution in [0.3, 0.4) is 0 Å². The second-order valence-electron chi connectivity index (χ2n) is 6.01. The van der Waals surface area contributed by atoms with Gasteiger partial charge < -0.3 is 20.1 Å².